The molecule has 3 heterocycles. The topological polar surface area (TPSA) is 130 Å². The predicted octanol–water partition coefficient (Wildman–Crippen LogP) is 4.76. The number of aryl methyl sites for hydroxylation is 2. The molecule has 0 unspecified atom stereocenters. The fourth-order valence-electron chi connectivity index (χ4n) is 3.93. The second-order valence-corrected chi connectivity index (χ2v) is 10.4. The normalized spacial score (nSPS) is 12.9. The van der Waals surface area contributed by atoms with Crippen LogP contribution in [0.4, 0.5) is 8.78 Å². The van der Waals surface area contributed by atoms with Crippen LogP contribution in [0.2, 0.25) is 5.15 Å². The minimum Gasteiger partial charge on any atom is -0.483 e. The van der Waals surface area contributed by atoms with Crippen molar-refractivity contribution in [2.75, 3.05) is 0 Å². The van der Waals surface area contributed by atoms with E-state index >= 15 is 0 Å². The van der Waals surface area contributed by atoms with E-state index in [9.17, 15) is 22.0 Å². The Hall–Kier alpha value is -3.35. The van der Waals surface area contributed by atoms with E-state index in [4.69, 9.17) is 25.9 Å². The Balaban J connectivity index is 1.82. The quantitative estimate of drug-likeness (QED) is 0.312. The fraction of sp³-hybridized carbons (Fsp3) is 0.292. The van der Waals surface area contributed by atoms with Gasteiger partial charge in [-0.25, -0.2) is 27.3 Å². The van der Waals surface area contributed by atoms with Crippen LogP contribution in [-0.2, 0) is 16.6 Å². The number of ether oxygens (including phenoxy) is 1. The van der Waals surface area contributed by atoms with Crippen LogP contribution in [0.3, 0.4) is 0 Å². The fourth-order valence-corrected chi connectivity index (χ4v) is 4.75. The number of primary sulfonamides is 1. The highest BCUT2D eigenvalue weighted by Crippen LogP contribution is 2.34. The zero-order valence-corrected chi connectivity index (χ0v) is 21.6. The van der Waals surface area contributed by atoms with Crippen molar-refractivity contribution in [3.8, 4) is 17.1 Å². The van der Waals surface area contributed by atoms with Gasteiger partial charge in [-0.1, -0.05) is 11.6 Å². The standard InChI is InChI=1S/C24H23ClF2N4O5S/c1-12-8-16(14(3)35-18-4-5-19(25)30-24(18)37(28,33)34)23-17(9-12)21(32)13(2)22(36-23)15-10-29-31(11-15)7-6-20(26)27/h4-5,8-11,14,20H,6-7H2,1-3H3,(H2,28,33,34)/t14-/m1/s1. The second-order valence-electron chi connectivity index (χ2n) is 8.53. The summed E-state index contributed by atoms with van der Waals surface area (Å²) < 4.78 is 62.7. The molecule has 4 aromatic rings. The van der Waals surface area contributed by atoms with Crippen LogP contribution >= 0.6 is 11.6 Å². The van der Waals surface area contributed by atoms with Crippen molar-refractivity contribution in [2.24, 2.45) is 5.14 Å². The van der Waals surface area contributed by atoms with E-state index in [1.165, 1.54) is 29.2 Å². The van der Waals surface area contributed by atoms with E-state index in [0.29, 0.717) is 22.1 Å². The third kappa shape index (κ3) is 5.65. The molecule has 3 aromatic heterocycles. The third-order valence-corrected chi connectivity index (χ3v) is 6.71. The summed E-state index contributed by atoms with van der Waals surface area (Å²) in [5.74, 6) is 0.112. The Morgan fingerprint density at radius 2 is 1.97 bits per heavy atom. The molecule has 196 valence electrons. The number of benzene rings is 1. The van der Waals surface area contributed by atoms with E-state index < -0.39 is 27.6 Å². The molecule has 1 atom stereocenters. The number of hydrogen-bond donors (Lipinski definition) is 1. The minimum atomic E-state index is -4.25. The van der Waals surface area contributed by atoms with E-state index in [-0.39, 0.29) is 40.6 Å². The Kier molecular flexibility index (Phi) is 7.36. The van der Waals surface area contributed by atoms with Crippen molar-refractivity contribution >= 4 is 32.6 Å². The lowest BCUT2D eigenvalue weighted by molar-refractivity contribution is 0.130. The van der Waals surface area contributed by atoms with E-state index in [2.05, 4.69) is 10.1 Å². The lowest BCUT2D eigenvalue weighted by atomic mass is 10.0. The van der Waals surface area contributed by atoms with Crippen molar-refractivity contribution < 1.29 is 26.4 Å². The minimum absolute atomic E-state index is 0.00532. The maximum absolute atomic E-state index is 13.3. The van der Waals surface area contributed by atoms with E-state index in [0.717, 1.165) is 5.56 Å². The van der Waals surface area contributed by atoms with Gasteiger partial charge in [0.15, 0.2) is 11.2 Å². The molecule has 2 N–H and O–H groups in total. The predicted molar refractivity (Wildman–Crippen MR) is 133 cm³/mol. The number of sulfonamides is 1. The number of pyridine rings is 1. The molecule has 37 heavy (non-hydrogen) atoms. The highest BCUT2D eigenvalue weighted by molar-refractivity contribution is 7.89. The Morgan fingerprint density at radius 3 is 2.65 bits per heavy atom. The molecule has 0 amide bonds. The van der Waals surface area contributed by atoms with Gasteiger partial charge in [-0.05, 0) is 50.6 Å². The van der Waals surface area contributed by atoms with E-state index in [1.807, 2.05) is 0 Å². The summed E-state index contributed by atoms with van der Waals surface area (Å²) in [6.07, 6.45) is -0.663. The summed E-state index contributed by atoms with van der Waals surface area (Å²) in [7, 11) is -4.25. The molecule has 0 aliphatic rings. The van der Waals surface area contributed by atoms with Crippen LogP contribution in [-0.4, -0.2) is 29.6 Å². The number of aromatic nitrogens is 3. The van der Waals surface area contributed by atoms with Crippen LogP contribution in [0.5, 0.6) is 5.75 Å². The molecular weight excluding hydrogens is 530 g/mol. The first kappa shape index (κ1) is 26.7. The molecule has 9 nitrogen and oxygen atoms in total. The van der Waals surface area contributed by atoms with Crippen molar-refractivity contribution in [3.63, 3.8) is 0 Å². The first-order valence-corrected chi connectivity index (χ1v) is 13.0. The highest BCUT2D eigenvalue weighted by Gasteiger charge is 2.24. The maximum atomic E-state index is 13.3. The Morgan fingerprint density at radius 1 is 1.24 bits per heavy atom. The van der Waals surface area contributed by atoms with E-state index in [1.54, 1.807) is 32.9 Å². The largest absolute Gasteiger partial charge is 0.483 e. The molecule has 0 bridgehead atoms. The molecular formula is C24H23ClF2N4O5S. The number of alkyl halides is 2. The smallest absolute Gasteiger partial charge is 0.259 e. The van der Waals surface area contributed by atoms with Gasteiger partial charge in [-0.2, -0.15) is 5.10 Å². The summed E-state index contributed by atoms with van der Waals surface area (Å²) in [6, 6.07) is 6.13. The monoisotopic (exact) mass is 552 g/mol. The number of hydrogen-bond acceptors (Lipinski definition) is 7. The maximum Gasteiger partial charge on any atom is 0.259 e. The summed E-state index contributed by atoms with van der Waals surface area (Å²) in [4.78, 5) is 17.1. The van der Waals surface area contributed by atoms with Gasteiger partial charge in [0.1, 0.15) is 22.6 Å². The van der Waals surface area contributed by atoms with Crippen molar-refractivity contribution in [1.82, 2.24) is 14.8 Å². The Labute approximate surface area is 215 Å². The molecule has 0 aliphatic carbocycles. The molecule has 0 fully saturated rings. The lowest BCUT2D eigenvalue weighted by Crippen LogP contribution is -2.17. The van der Waals surface area contributed by atoms with Crippen LogP contribution < -0.4 is 15.3 Å². The molecule has 0 radical (unpaired) electrons. The first-order valence-electron chi connectivity index (χ1n) is 11.1. The second kappa shape index (κ2) is 10.2. The summed E-state index contributed by atoms with van der Waals surface area (Å²) in [6.45, 7) is 5.06. The number of fused-ring (bicyclic) bond motifs is 1. The summed E-state index contributed by atoms with van der Waals surface area (Å²) in [5, 5.41) is 9.07. The van der Waals surface area contributed by atoms with Gasteiger partial charge in [0, 0.05) is 30.3 Å². The average Bonchev–Trinajstić information content (AvgIpc) is 3.29. The van der Waals surface area contributed by atoms with Crippen LogP contribution in [0.25, 0.3) is 22.3 Å². The zero-order valence-electron chi connectivity index (χ0n) is 20.0. The van der Waals surface area contributed by atoms with Crippen LogP contribution in [0, 0.1) is 13.8 Å². The molecule has 0 spiro atoms. The van der Waals surface area contributed by atoms with Crippen LogP contribution in [0.1, 0.15) is 36.1 Å². The summed E-state index contributed by atoms with van der Waals surface area (Å²) in [5.41, 5.74) is 1.93. The summed E-state index contributed by atoms with van der Waals surface area (Å²) >= 11 is 5.84. The van der Waals surface area contributed by atoms with Gasteiger partial charge in [0.2, 0.25) is 11.5 Å². The number of halogens is 3. The molecule has 0 saturated carbocycles. The van der Waals surface area contributed by atoms with Gasteiger partial charge in [0.25, 0.3) is 10.0 Å². The number of rotatable bonds is 8. The van der Waals surface area contributed by atoms with Gasteiger partial charge in [0.05, 0.1) is 17.1 Å². The van der Waals surface area contributed by atoms with Gasteiger partial charge in [-0.15, -0.1) is 0 Å². The lowest BCUT2D eigenvalue weighted by Gasteiger charge is -2.19. The van der Waals surface area contributed by atoms with Crippen molar-refractivity contribution in [3.05, 3.63) is 68.7 Å². The molecule has 4 rings (SSSR count). The SMILES string of the molecule is Cc1cc([C@@H](C)Oc2ccc(Cl)nc2S(N)(=O)=O)c2oc(-c3cnn(CCC(F)F)c3)c(C)c(=O)c2c1. The van der Waals surface area contributed by atoms with Gasteiger partial charge < -0.3 is 9.15 Å². The third-order valence-electron chi connectivity index (χ3n) is 5.67. The molecule has 13 heteroatoms. The highest BCUT2D eigenvalue weighted by atomic mass is 35.5. The van der Waals surface area contributed by atoms with Gasteiger partial charge in [-0.3, -0.25) is 9.48 Å². The number of nitrogens with two attached hydrogens (primary N) is 1. The zero-order chi connectivity index (χ0) is 27.1. The van der Waals surface area contributed by atoms with Crippen molar-refractivity contribution in [1.29, 1.82) is 0 Å². The molecule has 0 saturated heterocycles. The first-order chi connectivity index (χ1) is 17.3. The van der Waals surface area contributed by atoms with Crippen molar-refractivity contribution in [2.45, 2.75) is 51.3 Å². The Bertz CT molecular complexity index is 1650. The van der Waals surface area contributed by atoms with Crippen LogP contribution in [0.15, 0.2) is 50.9 Å². The number of nitrogens with zero attached hydrogens (tertiary/aromatic N) is 3. The molecule has 1 aromatic carbocycles. The average molecular weight is 553 g/mol. The van der Waals surface area contributed by atoms with Gasteiger partial charge >= 0.3 is 0 Å². The molecule has 0 aliphatic heterocycles.